The fourth-order valence-corrected chi connectivity index (χ4v) is 2.30. The molecule has 1 saturated carbocycles. The summed E-state index contributed by atoms with van der Waals surface area (Å²) in [5.41, 5.74) is -0.178. The zero-order chi connectivity index (χ0) is 16.2. The van der Waals surface area contributed by atoms with Crippen LogP contribution >= 0.6 is 0 Å². The summed E-state index contributed by atoms with van der Waals surface area (Å²) in [6, 6.07) is 8.87. The van der Waals surface area contributed by atoms with E-state index in [2.05, 4.69) is 11.4 Å². The summed E-state index contributed by atoms with van der Waals surface area (Å²) in [4.78, 5) is 23.4. The highest BCUT2D eigenvalue weighted by atomic mass is 16.5. The quantitative estimate of drug-likeness (QED) is 0.784. The summed E-state index contributed by atoms with van der Waals surface area (Å²) in [7, 11) is 0. The zero-order valence-electron chi connectivity index (χ0n) is 12.9. The van der Waals surface area contributed by atoms with Crippen molar-refractivity contribution in [3.8, 4) is 11.8 Å². The van der Waals surface area contributed by atoms with E-state index < -0.39 is 5.54 Å². The number of ether oxygens (including phenoxy) is 1. The van der Waals surface area contributed by atoms with Crippen LogP contribution in [-0.4, -0.2) is 23.8 Å². The van der Waals surface area contributed by atoms with Gasteiger partial charge < -0.3 is 10.1 Å². The third kappa shape index (κ3) is 3.85. The smallest absolute Gasteiger partial charge is 0.259 e. The first-order chi connectivity index (χ1) is 10.5. The van der Waals surface area contributed by atoms with E-state index in [1.54, 1.807) is 31.2 Å². The van der Waals surface area contributed by atoms with Gasteiger partial charge in [0, 0.05) is 12.0 Å². The van der Waals surface area contributed by atoms with Crippen molar-refractivity contribution in [1.29, 1.82) is 5.26 Å². The summed E-state index contributed by atoms with van der Waals surface area (Å²) in [5.74, 6) is 0.511. The van der Waals surface area contributed by atoms with E-state index in [0.29, 0.717) is 17.7 Å². The Morgan fingerprint density at radius 2 is 2.00 bits per heavy atom. The second kappa shape index (κ2) is 6.61. The number of nitrogens with zero attached hydrogens (tertiary/aromatic N) is 1. The molecule has 1 aromatic rings. The van der Waals surface area contributed by atoms with Crippen LogP contribution in [0.4, 0.5) is 0 Å². The third-order valence-electron chi connectivity index (χ3n) is 3.89. The topological polar surface area (TPSA) is 79.2 Å². The second-order valence-corrected chi connectivity index (χ2v) is 5.73. The number of hydrogen-bond donors (Lipinski definition) is 1. The molecule has 0 radical (unpaired) electrons. The van der Waals surface area contributed by atoms with Gasteiger partial charge in [-0.2, -0.15) is 5.26 Å². The molecular formula is C17H20N2O3. The van der Waals surface area contributed by atoms with Gasteiger partial charge in [-0.1, -0.05) is 6.92 Å². The number of amides is 1. The van der Waals surface area contributed by atoms with E-state index in [9.17, 15) is 14.9 Å². The van der Waals surface area contributed by atoms with E-state index in [4.69, 9.17) is 4.74 Å². The summed E-state index contributed by atoms with van der Waals surface area (Å²) in [6.07, 6.45) is 2.40. The molecular weight excluding hydrogens is 280 g/mol. The first kappa shape index (κ1) is 16.0. The highest BCUT2D eigenvalue weighted by molar-refractivity contribution is 5.95. The summed E-state index contributed by atoms with van der Waals surface area (Å²) < 4.78 is 5.39. The van der Waals surface area contributed by atoms with Gasteiger partial charge in [0.15, 0.2) is 12.4 Å². The highest BCUT2D eigenvalue weighted by Crippen LogP contribution is 2.39. The molecule has 1 aliphatic rings. The van der Waals surface area contributed by atoms with Gasteiger partial charge in [-0.15, -0.1) is 0 Å². The lowest BCUT2D eigenvalue weighted by atomic mass is 9.98. The van der Waals surface area contributed by atoms with Crippen molar-refractivity contribution in [2.45, 2.75) is 38.6 Å². The van der Waals surface area contributed by atoms with Crippen molar-refractivity contribution in [3.63, 3.8) is 0 Å². The van der Waals surface area contributed by atoms with Crippen LogP contribution in [0, 0.1) is 17.2 Å². The Hall–Kier alpha value is -2.35. The van der Waals surface area contributed by atoms with Gasteiger partial charge in [0.05, 0.1) is 6.07 Å². The Balaban J connectivity index is 1.86. The van der Waals surface area contributed by atoms with E-state index in [1.807, 2.05) is 6.92 Å². The van der Waals surface area contributed by atoms with E-state index >= 15 is 0 Å². The first-order valence-electron chi connectivity index (χ1n) is 7.47. The van der Waals surface area contributed by atoms with E-state index in [-0.39, 0.29) is 24.2 Å². The Morgan fingerprint density at radius 1 is 1.36 bits per heavy atom. The molecule has 1 amide bonds. The van der Waals surface area contributed by atoms with Crippen molar-refractivity contribution >= 4 is 11.7 Å². The van der Waals surface area contributed by atoms with Crippen molar-refractivity contribution in [1.82, 2.24) is 5.32 Å². The van der Waals surface area contributed by atoms with Gasteiger partial charge in [-0.05, 0) is 49.9 Å². The number of hydrogen-bond acceptors (Lipinski definition) is 4. The molecule has 0 saturated heterocycles. The van der Waals surface area contributed by atoms with E-state index in [1.165, 1.54) is 0 Å². The number of rotatable bonds is 7. The monoisotopic (exact) mass is 300 g/mol. The maximum atomic E-state index is 11.9. The van der Waals surface area contributed by atoms with Crippen LogP contribution in [0.5, 0.6) is 5.75 Å². The number of benzene rings is 1. The lowest BCUT2D eigenvalue weighted by Gasteiger charge is -2.22. The van der Waals surface area contributed by atoms with Crippen LogP contribution in [0.3, 0.4) is 0 Å². The molecule has 1 atom stereocenters. The molecule has 0 bridgehead atoms. The summed E-state index contributed by atoms with van der Waals surface area (Å²) in [5, 5.41) is 11.9. The average molecular weight is 300 g/mol. The molecule has 5 heteroatoms. The van der Waals surface area contributed by atoms with Gasteiger partial charge in [0.2, 0.25) is 0 Å². The molecule has 22 heavy (non-hydrogen) atoms. The molecule has 1 aromatic carbocycles. The first-order valence-corrected chi connectivity index (χ1v) is 7.47. The van der Waals surface area contributed by atoms with Crippen LogP contribution in [-0.2, 0) is 4.79 Å². The van der Waals surface area contributed by atoms with Crippen molar-refractivity contribution < 1.29 is 14.3 Å². The normalized spacial score (nSPS) is 16.2. The minimum absolute atomic E-state index is 0.0681. The Bertz CT molecular complexity index is 599. The highest BCUT2D eigenvalue weighted by Gasteiger charge is 2.43. The molecule has 1 aliphatic carbocycles. The van der Waals surface area contributed by atoms with Crippen LogP contribution < -0.4 is 10.1 Å². The van der Waals surface area contributed by atoms with Gasteiger partial charge in [0.1, 0.15) is 11.3 Å². The Morgan fingerprint density at radius 3 is 2.50 bits per heavy atom. The second-order valence-electron chi connectivity index (χ2n) is 5.73. The minimum Gasteiger partial charge on any atom is -0.484 e. The van der Waals surface area contributed by atoms with Gasteiger partial charge in [-0.25, -0.2) is 0 Å². The summed E-state index contributed by atoms with van der Waals surface area (Å²) in [6.45, 7) is 3.40. The fraction of sp³-hybridized carbons (Fsp3) is 0.471. The van der Waals surface area contributed by atoms with E-state index in [0.717, 1.165) is 12.8 Å². The molecule has 0 spiro atoms. The molecule has 0 aromatic heterocycles. The van der Waals surface area contributed by atoms with Crippen molar-refractivity contribution in [2.75, 3.05) is 6.61 Å². The average Bonchev–Trinajstić information content (AvgIpc) is 3.38. The SMILES string of the molecule is CCC(=O)c1ccc(OCC(=O)NC(C)(C#N)C2CC2)cc1. The molecule has 1 N–H and O–H groups in total. The largest absolute Gasteiger partial charge is 0.484 e. The van der Waals surface area contributed by atoms with Crippen LogP contribution in [0.2, 0.25) is 0 Å². The molecule has 0 heterocycles. The Kier molecular flexibility index (Phi) is 4.81. The predicted molar refractivity (Wildman–Crippen MR) is 81.4 cm³/mol. The van der Waals surface area contributed by atoms with Crippen LogP contribution in [0.15, 0.2) is 24.3 Å². The maximum absolute atomic E-state index is 11.9. The number of carbonyl (C=O) groups excluding carboxylic acids is 2. The van der Waals surface area contributed by atoms with Gasteiger partial charge in [0.25, 0.3) is 5.91 Å². The van der Waals surface area contributed by atoms with Crippen molar-refractivity contribution in [3.05, 3.63) is 29.8 Å². The lowest BCUT2D eigenvalue weighted by Crippen LogP contribution is -2.48. The predicted octanol–water partition coefficient (Wildman–Crippen LogP) is 2.47. The number of nitrogens with one attached hydrogen (secondary N) is 1. The standard InChI is InChI=1S/C17H20N2O3/c1-3-15(20)12-4-8-14(9-5-12)22-10-16(21)19-17(2,11-18)13-6-7-13/h4-5,8-9,13H,3,6-7,10H2,1-2H3,(H,19,21). The third-order valence-corrected chi connectivity index (χ3v) is 3.89. The van der Waals surface area contributed by atoms with Crippen LogP contribution in [0.25, 0.3) is 0 Å². The minimum atomic E-state index is -0.808. The number of carbonyl (C=O) groups is 2. The molecule has 1 fully saturated rings. The molecule has 0 aliphatic heterocycles. The summed E-state index contributed by atoms with van der Waals surface area (Å²) >= 11 is 0. The number of Topliss-reactive ketones (excluding diaryl/α,β-unsaturated/α-hetero) is 1. The molecule has 5 nitrogen and oxygen atoms in total. The fourth-order valence-electron chi connectivity index (χ4n) is 2.30. The van der Waals surface area contributed by atoms with Gasteiger partial charge in [-0.3, -0.25) is 9.59 Å². The Labute approximate surface area is 130 Å². The molecule has 2 rings (SSSR count). The van der Waals surface area contributed by atoms with Crippen LogP contribution in [0.1, 0.15) is 43.5 Å². The zero-order valence-corrected chi connectivity index (χ0v) is 12.9. The number of nitriles is 1. The maximum Gasteiger partial charge on any atom is 0.259 e. The van der Waals surface area contributed by atoms with Gasteiger partial charge >= 0.3 is 0 Å². The molecule has 116 valence electrons. The number of ketones is 1. The lowest BCUT2D eigenvalue weighted by molar-refractivity contribution is -0.124. The van der Waals surface area contributed by atoms with Crippen molar-refractivity contribution in [2.24, 2.45) is 5.92 Å². The molecule has 1 unspecified atom stereocenters.